The quantitative estimate of drug-likeness (QED) is 0.631. The molecule has 0 aromatic heterocycles. The summed E-state index contributed by atoms with van der Waals surface area (Å²) in [5.41, 5.74) is 3.54. The van der Waals surface area contributed by atoms with E-state index in [4.69, 9.17) is 0 Å². The van der Waals surface area contributed by atoms with Crippen molar-refractivity contribution in [3.8, 4) is 0 Å². The molecule has 0 radical (unpaired) electrons. The molecular formula is C19H19NO. The number of benzene rings is 2. The van der Waals surface area contributed by atoms with E-state index < -0.39 is 0 Å². The second-order valence-corrected chi connectivity index (χ2v) is 4.63. The first-order valence-electron chi connectivity index (χ1n) is 7.02. The fourth-order valence-electron chi connectivity index (χ4n) is 2.12. The number of hydrogen-bond acceptors (Lipinski definition) is 1. The number of nitrogens with one attached hydrogen (secondary N) is 1. The molecule has 0 atom stereocenters. The second-order valence-electron chi connectivity index (χ2n) is 4.63. The average Bonchev–Trinajstić information content (AvgIpc) is 2.56. The monoisotopic (exact) mass is 277 g/mol. The summed E-state index contributed by atoms with van der Waals surface area (Å²) in [6.45, 7) is 4.05. The Balaban J connectivity index is 2.17. The van der Waals surface area contributed by atoms with Gasteiger partial charge < -0.3 is 5.32 Å². The van der Waals surface area contributed by atoms with Crippen molar-refractivity contribution < 1.29 is 4.79 Å². The minimum atomic E-state index is -0.135. The SMILES string of the molecule is C=CC(=O)NCCC=C(c1ccccc1)c1ccccc1. The van der Waals surface area contributed by atoms with E-state index in [1.165, 1.54) is 22.8 Å². The largest absolute Gasteiger partial charge is 0.352 e. The van der Waals surface area contributed by atoms with Crippen molar-refractivity contribution in [3.63, 3.8) is 0 Å². The van der Waals surface area contributed by atoms with E-state index in [0.717, 1.165) is 6.42 Å². The summed E-state index contributed by atoms with van der Waals surface area (Å²) in [7, 11) is 0. The second kappa shape index (κ2) is 7.85. The van der Waals surface area contributed by atoms with Gasteiger partial charge in [0, 0.05) is 6.54 Å². The number of carbonyl (C=O) groups excluding carboxylic acids is 1. The van der Waals surface area contributed by atoms with Crippen molar-refractivity contribution >= 4 is 11.5 Å². The van der Waals surface area contributed by atoms with Gasteiger partial charge in [-0.2, -0.15) is 0 Å². The Morgan fingerprint density at radius 1 is 0.952 bits per heavy atom. The van der Waals surface area contributed by atoms with Crippen LogP contribution >= 0.6 is 0 Å². The number of hydrogen-bond donors (Lipinski definition) is 1. The van der Waals surface area contributed by atoms with Crippen LogP contribution in [0.15, 0.2) is 79.4 Å². The minimum Gasteiger partial charge on any atom is -0.352 e. The molecule has 2 nitrogen and oxygen atoms in total. The van der Waals surface area contributed by atoms with Crippen molar-refractivity contribution in [1.29, 1.82) is 0 Å². The highest BCUT2D eigenvalue weighted by atomic mass is 16.1. The standard InChI is InChI=1S/C19H19NO/c1-2-19(21)20-15-9-14-18(16-10-5-3-6-11-16)17-12-7-4-8-13-17/h2-8,10-14H,1,9,15H2,(H,20,21). The minimum absolute atomic E-state index is 0.135. The van der Waals surface area contributed by atoms with Crippen molar-refractivity contribution in [1.82, 2.24) is 5.32 Å². The third-order valence-corrected chi connectivity index (χ3v) is 3.15. The molecule has 0 spiro atoms. The molecule has 0 saturated carbocycles. The average molecular weight is 277 g/mol. The molecule has 2 aromatic rings. The highest BCUT2D eigenvalue weighted by molar-refractivity contribution is 5.86. The van der Waals surface area contributed by atoms with Gasteiger partial charge in [0.1, 0.15) is 0 Å². The Morgan fingerprint density at radius 2 is 1.48 bits per heavy atom. The molecule has 0 aliphatic heterocycles. The van der Waals surface area contributed by atoms with E-state index in [1.807, 2.05) is 36.4 Å². The van der Waals surface area contributed by atoms with E-state index >= 15 is 0 Å². The first kappa shape index (κ1) is 14.8. The molecule has 0 bridgehead atoms. The van der Waals surface area contributed by atoms with Gasteiger partial charge in [0.2, 0.25) is 5.91 Å². The third kappa shape index (κ3) is 4.46. The van der Waals surface area contributed by atoms with Gasteiger partial charge in [-0.15, -0.1) is 0 Å². The van der Waals surface area contributed by atoms with Crippen LogP contribution < -0.4 is 5.32 Å². The van der Waals surface area contributed by atoms with Crippen molar-refractivity contribution in [3.05, 3.63) is 90.5 Å². The summed E-state index contributed by atoms with van der Waals surface area (Å²) in [5.74, 6) is -0.135. The van der Waals surface area contributed by atoms with Crippen LogP contribution in [0.25, 0.3) is 5.57 Å². The Labute approximate surface area is 125 Å². The Kier molecular flexibility index (Phi) is 5.53. The van der Waals surface area contributed by atoms with E-state index in [0.29, 0.717) is 6.54 Å². The molecule has 0 fully saturated rings. The summed E-state index contributed by atoms with van der Waals surface area (Å²) in [6, 6.07) is 20.5. The molecule has 106 valence electrons. The van der Waals surface area contributed by atoms with Crippen LogP contribution in [0.5, 0.6) is 0 Å². The molecule has 0 heterocycles. The highest BCUT2D eigenvalue weighted by Gasteiger charge is 2.03. The molecule has 1 amide bonds. The van der Waals surface area contributed by atoms with E-state index in [2.05, 4.69) is 42.2 Å². The van der Waals surface area contributed by atoms with Gasteiger partial charge in [0.25, 0.3) is 0 Å². The van der Waals surface area contributed by atoms with Crippen LogP contribution in [-0.4, -0.2) is 12.5 Å². The topological polar surface area (TPSA) is 29.1 Å². The fraction of sp³-hybridized carbons (Fsp3) is 0.105. The number of amides is 1. The maximum absolute atomic E-state index is 11.1. The third-order valence-electron chi connectivity index (χ3n) is 3.15. The molecule has 21 heavy (non-hydrogen) atoms. The van der Waals surface area contributed by atoms with Crippen molar-refractivity contribution in [2.24, 2.45) is 0 Å². The lowest BCUT2D eigenvalue weighted by Crippen LogP contribution is -2.21. The highest BCUT2D eigenvalue weighted by Crippen LogP contribution is 2.23. The van der Waals surface area contributed by atoms with E-state index in [9.17, 15) is 4.79 Å². The Morgan fingerprint density at radius 3 is 1.95 bits per heavy atom. The molecule has 0 unspecified atom stereocenters. The Hall–Kier alpha value is -2.61. The normalized spacial score (nSPS) is 9.71. The number of rotatable bonds is 6. The molecule has 0 aliphatic carbocycles. The zero-order chi connectivity index (χ0) is 14.9. The summed E-state index contributed by atoms with van der Waals surface area (Å²) >= 11 is 0. The maximum Gasteiger partial charge on any atom is 0.243 e. The van der Waals surface area contributed by atoms with Gasteiger partial charge in [-0.25, -0.2) is 0 Å². The smallest absolute Gasteiger partial charge is 0.243 e. The molecule has 1 N–H and O–H groups in total. The molecule has 0 saturated heterocycles. The fourth-order valence-corrected chi connectivity index (χ4v) is 2.12. The summed E-state index contributed by atoms with van der Waals surface area (Å²) in [4.78, 5) is 11.1. The first-order valence-corrected chi connectivity index (χ1v) is 7.02. The zero-order valence-electron chi connectivity index (χ0n) is 12.0. The maximum atomic E-state index is 11.1. The predicted octanol–water partition coefficient (Wildman–Crippen LogP) is 3.81. The molecule has 0 aliphatic rings. The van der Waals surface area contributed by atoms with Gasteiger partial charge in [0.15, 0.2) is 0 Å². The Bertz CT molecular complexity index is 573. The lowest BCUT2D eigenvalue weighted by molar-refractivity contribution is -0.116. The van der Waals surface area contributed by atoms with Gasteiger partial charge in [-0.1, -0.05) is 73.3 Å². The van der Waals surface area contributed by atoms with Crippen molar-refractivity contribution in [2.75, 3.05) is 6.54 Å². The van der Waals surface area contributed by atoms with Crippen molar-refractivity contribution in [2.45, 2.75) is 6.42 Å². The van der Waals surface area contributed by atoms with Crippen LogP contribution in [0.3, 0.4) is 0 Å². The van der Waals surface area contributed by atoms with Crippen LogP contribution in [-0.2, 0) is 4.79 Å². The molecular weight excluding hydrogens is 258 g/mol. The lowest BCUT2D eigenvalue weighted by atomic mass is 9.97. The zero-order valence-corrected chi connectivity index (χ0v) is 12.0. The van der Waals surface area contributed by atoms with Gasteiger partial charge in [-0.05, 0) is 29.2 Å². The van der Waals surface area contributed by atoms with Crippen LogP contribution in [0, 0.1) is 0 Å². The predicted molar refractivity (Wildman–Crippen MR) is 87.8 cm³/mol. The van der Waals surface area contributed by atoms with Crippen LogP contribution in [0.1, 0.15) is 17.5 Å². The van der Waals surface area contributed by atoms with Gasteiger partial charge in [0.05, 0.1) is 0 Å². The first-order chi connectivity index (χ1) is 10.3. The van der Waals surface area contributed by atoms with E-state index in [1.54, 1.807) is 0 Å². The molecule has 2 heteroatoms. The summed E-state index contributed by atoms with van der Waals surface area (Å²) in [5, 5.41) is 2.79. The molecule has 2 aromatic carbocycles. The van der Waals surface area contributed by atoms with Crippen LogP contribution in [0.4, 0.5) is 0 Å². The van der Waals surface area contributed by atoms with E-state index in [-0.39, 0.29) is 5.91 Å². The number of carbonyl (C=O) groups is 1. The van der Waals surface area contributed by atoms with Gasteiger partial charge in [-0.3, -0.25) is 4.79 Å². The van der Waals surface area contributed by atoms with Gasteiger partial charge >= 0.3 is 0 Å². The summed E-state index contributed by atoms with van der Waals surface area (Å²) in [6.07, 6.45) is 4.23. The summed E-state index contributed by atoms with van der Waals surface area (Å²) < 4.78 is 0. The van der Waals surface area contributed by atoms with Crippen LogP contribution in [0.2, 0.25) is 0 Å². The lowest BCUT2D eigenvalue weighted by Gasteiger charge is -2.09. The molecule has 2 rings (SSSR count).